The molecule has 108 valence electrons. The molecule has 0 aliphatic rings. The summed E-state index contributed by atoms with van der Waals surface area (Å²) in [5.41, 5.74) is 0.604. The molecule has 0 bridgehead atoms. The predicted octanol–water partition coefficient (Wildman–Crippen LogP) is 4.37. The number of aryl methyl sites for hydroxylation is 1. The molecule has 0 fully saturated rings. The molecule has 2 aromatic carbocycles. The fourth-order valence-corrected chi connectivity index (χ4v) is 2.51. The van der Waals surface area contributed by atoms with E-state index in [9.17, 15) is 19.8 Å². The first-order valence-electron chi connectivity index (χ1n) is 5.88. The average molecular weight is 325 g/mol. The van der Waals surface area contributed by atoms with Gasteiger partial charge in [-0.3, -0.25) is 0 Å². The largest absolute Gasteiger partial charge is 0.478 e. The standard InChI is InChI=1S/C15H10Cl2O4/c1-7-5-9(14(18)19)12(10(6-7)15(20)21)8-3-2-4-11(16)13(8)17/h2-6H,1H3,(H,18,19)(H,20,21). The summed E-state index contributed by atoms with van der Waals surface area (Å²) in [7, 11) is 0. The van der Waals surface area contributed by atoms with Crippen LogP contribution in [0.25, 0.3) is 11.1 Å². The smallest absolute Gasteiger partial charge is 0.336 e. The Bertz CT molecular complexity index is 718. The van der Waals surface area contributed by atoms with E-state index in [2.05, 4.69) is 0 Å². The van der Waals surface area contributed by atoms with Crippen molar-refractivity contribution < 1.29 is 19.8 Å². The lowest BCUT2D eigenvalue weighted by atomic mass is 9.92. The second-order valence-corrected chi connectivity index (χ2v) is 5.23. The van der Waals surface area contributed by atoms with Gasteiger partial charge in [0.15, 0.2) is 0 Å². The summed E-state index contributed by atoms with van der Waals surface area (Å²) in [5, 5.41) is 19.0. The van der Waals surface area contributed by atoms with E-state index in [0.29, 0.717) is 5.56 Å². The van der Waals surface area contributed by atoms with E-state index in [-0.39, 0.29) is 32.3 Å². The third-order valence-corrected chi connectivity index (χ3v) is 3.78. The van der Waals surface area contributed by atoms with Crippen LogP contribution in [0.3, 0.4) is 0 Å². The van der Waals surface area contributed by atoms with Crippen molar-refractivity contribution in [3.63, 3.8) is 0 Å². The molecule has 0 saturated carbocycles. The van der Waals surface area contributed by atoms with Gasteiger partial charge in [0, 0.05) is 11.1 Å². The Balaban J connectivity index is 2.92. The van der Waals surface area contributed by atoms with E-state index in [1.54, 1.807) is 19.1 Å². The van der Waals surface area contributed by atoms with Crippen molar-refractivity contribution in [1.29, 1.82) is 0 Å². The van der Waals surface area contributed by atoms with Gasteiger partial charge in [0.2, 0.25) is 0 Å². The minimum atomic E-state index is -1.23. The van der Waals surface area contributed by atoms with Crippen molar-refractivity contribution in [1.82, 2.24) is 0 Å². The third kappa shape index (κ3) is 2.86. The first kappa shape index (κ1) is 15.4. The Morgan fingerprint density at radius 2 is 1.52 bits per heavy atom. The number of carbonyl (C=O) groups is 2. The summed E-state index contributed by atoms with van der Waals surface area (Å²) in [6, 6.07) is 7.48. The molecule has 2 N–H and O–H groups in total. The number of carboxylic acids is 2. The summed E-state index contributed by atoms with van der Waals surface area (Å²) in [5.74, 6) is -2.46. The van der Waals surface area contributed by atoms with E-state index < -0.39 is 11.9 Å². The molecule has 0 spiro atoms. The first-order valence-corrected chi connectivity index (χ1v) is 6.64. The van der Waals surface area contributed by atoms with Crippen LogP contribution < -0.4 is 0 Å². The topological polar surface area (TPSA) is 74.6 Å². The highest BCUT2D eigenvalue weighted by molar-refractivity contribution is 6.44. The lowest BCUT2D eigenvalue weighted by Gasteiger charge is -2.13. The molecule has 4 nitrogen and oxygen atoms in total. The molecule has 0 radical (unpaired) electrons. The molecule has 21 heavy (non-hydrogen) atoms. The number of hydrogen-bond donors (Lipinski definition) is 2. The van der Waals surface area contributed by atoms with Crippen molar-refractivity contribution in [2.45, 2.75) is 6.92 Å². The zero-order valence-corrected chi connectivity index (χ0v) is 12.4. The molecule has 0 atom stereocenters. The Kier molecular flexibility index (Phi) is 4.21. The van der Waals surface area contributed by atoms with Crippen molar-refractivity contribution in [3.05, 3.63) is 57.1 Å². The normalized spacial score (nSPS) is 10.4. The fraction of sp³-hybridized carbons (Fsp3) is 0.0667. The molecule has 0 aromatic heterocycles. The number of benzene rings is 2. The number of rotatable bonds is 3. The first-order chi connectivity index (χ1) is 9.82. The van der Waals surface area contributed by atoms with Crippen LogP contribution in [-0.2, 0) is 0 Å². The number of hydrogen-bond acceptors (Lipinski definition) is 2. The van der Waals surface area contributed by atoms with Gasteiger partial charge in [-0.15, -0.1) is 0 Å². The second kappa shape index (κ2) is 5.76. The lowest BCUT2D eigenvalue weighted by Crippen LogP contribution is -2.08. The molecule has 0 saturated heterocycles. The van der Waals surface area contributed by atoms with Gasteiger partial charge >= 0.3 is 11.9 Å². The molecule has 0 unspecified atom stereocenters. The van der Waals surface area contributed by atoms with Gasteiger partial charge in [-0.2, -0.15) is 0 Å². The molecule has 2 rings (SSSR count). The van der Waals surface area contributed by atoms with Gasteiger partial charge in [-0.05, 0) is 30.7 Å². The van der Waals surface area contributed by atoms with E-state index >= 15 is 0 Å². The quantitative estimate of drug-likeness (QED) is 0.879. The van der Waals surface area contributed by atoms with Gasteiger partial charge in [-0.1, -0.05) is 35.3 Å². The SMILES string of the molecule is Cc1cc(C(=O)O)c(-c2cccc(Cl)c2Cl)c(C(=O)O)c1. The summed E-state index contributed by atoms with van der Waals surface area (Å²) < 4.78 is 0. The van der Waals surface area contributed by atoms with Crippen molar-refractivity contribution >= 4 is 35.1 Å². The maximum atomic E-state index is 11.4. The van der Waals surface area contributed by atoms with Crippen LogP contribution in [-0.4, -0.2) is 22.2 Å². The van der Waals surface area contributed by atoms with Gasteiger partial charge in [-0.25, -0.2) is 9.59 Å². The highest BCUT2D eigenvalue weighted by atomic mass is 35.5. The molecule has 2 aromatic rings. The van der Waals surface area contributed by atoms with Gasteiger partial charge < -0.3 is 10.2 Å². The van der Waals surface area contributed by atoms with E-state index in [0.717, 1.165) is 0 Å². The van der Waals surface area contributed by atoms with Gasteiger partial charge in [0.25, 0.3) is 0 Å². The number of halogens is 2. The number of aromatic carboxylic acids is 2. The van der Waals surface area contributed by atoms with E-state index in [1.807, 2.05) is 0 Å². The lowest BCUT2D eigenvalue weighted by molar-refractivity contribution is 0.0696. The summed E-state index contributed by atoms with van der Waals surface area (Å²) in [4.78, 5) is 22.9. The summed E-state index contributed by atoms with van der Waals surface area (Å²) in [6.45, 7) is 1.63. The average Bonchev–Trinajstić information content (AvgIpc) is 2.41. The zero-order chi connectivity index (χ0) is 15.7. The van der Waals surface area contributed by atoms with Crippen LogP contribution in [0, 0.1) is 6.92 Å². The summed E-state index contributed by atoms with van der Waals surface area (Å²) in [6.07, 6.45) is 0. The van der Waals surface area contributed by atoms with Crippen molar-refractivity contribution in [3.8, 4) is 11.1 Å². The van der Waals surface area contributed by atoms with E-state index in [1.165, 1.54) is 18.2 Å². The third-order valence-electron chi connectivity index (χ3n) is 2.96. The van der Waals surface area contributed by atoms with Crippen LogP contribution in [0.15, 0.2) is 30.3 Å². The Morgan fingerprint density at radius 1 is 1.00 bits per heavy atom. The number of carboxylic acid groups (broad SMARTS) is 2. The molecular formula is C15H10Cl2O4. The van der Waals surface area contributed by atoms with Crippen LogP contribution >= 0.6 is 23.2 Å². The Hall–Kier alpha value is -2.04. The van der Waals surface area contributed by atoms with Crippen LogP contribution in [0.5, 0.6) is 0 Å². The summed E-state index contributed by atoms with van der Waals surface area (Å²) >= 11 is 12.0. The van der Waals surface area contributed by atoms with Crippen molar-refractivity contribution in [2.75, 3.05) is 0 Å². The van der Waals surface area contributed by atoms with Crippen molar-refractivity contribution in [2.24, 2.45) is 0 Å². The zero-order valence-electron chi connectivity index (χ0n) is 10.9. The molecule has 0 aliphatic carbocycles. The van der Waals surface area contributed by atoms with Gasteiger partial charge in [0.05, 0.1) is 21.2 Å². The monoisotopic (exact) mass is 324 g/mol. The maximum absolute atomic E-state index is 11.4. The Morgan fingerprint density at radius 3 is 2.00 bits per heavy atom. The molecule has 0 aliphatic heterocycles. The Labute approximate surface area is 130 Å². The molecule has 0 amide bonds. The molecule has 0 heterocycles. The molecular weight excluding hydrogens is 315 g/mol. The fourth-order valence-electron chi connectivity index (χ4n) is 2.11. The van der Waals surface area contributed by atoms with Crippen LogP contribution in [0.1, 0.15) is 26.3 Å². The van der Waals surface area contributed by atoms with Gasteiger partial charge in [0.1, 0.15) is 0 Å². The van der Waals surface area contributed by atoms with E-state index in [4.69, 9.17) is 23.2 Å². The van der Waals surface area contributed by atoms with Crippen LogP contribution in [0.2, 0.25) is 10.0 Å². The maximum Gasteiger partial charge on any atom is 0.336 e. The predicted molar refractivity (Wildman–Crippen MR) is 80.6 cm³/mol. The highest BCUT2D eigenvalue weighted by Crippen LogP contribution is 2.37. The molecule has 6 heteroatoms. The second-order valence-electron chi connectivity index (χ2n) is 4.45. The highest BCUT2D eigenvalue weighted by Gasteiger charge is 2.23. The minimum Gasteiger partial charge on any atom is -0.478 e. The van der Waals surface area contributed by atoms with Crippen LogP contribution in [0.4, 0.5) is 0 Å². The minimum absolute atomic E-state index is 0.0492.